The highest BCUT2D eigenvalue weighted by Gasteiger charge is 2.35. The normalized spacial score (nSPS) is 22.1. The number of likely N-dealkylation sites (N-methyl/N-ethyl adjacent to an activating group) is 1. The van der Waals surface area contributed by atoms with Crippen LogP contribution in [0.4, 0.5) is 10.2 Å². The van der Waals surface area contributed by atoms with Crippen molar-refractivity contribution in [2.24, 2.45) is 11.8 Å². The molecule has 2 fully saturated rings. The van der Waals surface area contributed by atoms with Gasteiger partial charge in [-0.1, -0.05) is 25.7 Å². The Labute approximate surface area is 195 Å². The molecule has 0 unspecified atom stereocenters. The minimum atomic E-state index is -0.562. The van der Waals surface area contributed by atoms with Gasteiger partial charge in [0.25, 0.3) is 0 Å². The lowest BCUT2D eigenvalue weighted by molar-refractivity contribution is -0.155. The van der Waals surface area contributed by atoms with E-state index in [2.05, 4.69) is 27.1 Å². The summed E-state index contributed by atoms with van der Waals surface area (Å²) < 4.78 is 15.4. The van der Waals surface area contributed by atoms with Gasteiger partial charge in [-0.25, -0.2) is 19.4 Å². The van der Waals surface area contributed by atoms with Gasteiger partial charge >= 0.3 is 0 Å². The largest absolute Gasteiger partial charge is 0.350 e. The van der Waals surface area contributed by atoms with Crippen LogP contribution in [-0.4, -0.2) is 76.7 Å². The minimum absolute atomic E-state index is 0.0754. The van der Waals surface area contributed by atoms with Gasteiger partial charge in [0.1, 0.15) is 11.5 Å². The number of nitrogens with one attached hydrogen (secondary N) is 1. The molecule has 0 bridgehead atoms. The second kappa shape index (κ2) is 11.2. The van der Waals surface area contributed by atoms with Crippen molar-refractivity contribution in [2.45, 2.75) is 71.0 Å². The Bertz CT molecular complexity index is 833. The standard InChI is InChI=1S/C23H37FN6O3/c1-15-20(28(3)4)9-10-30(15)22-21(24)19(26-16(2)27-22)12-25-23(32)18(13-29(33)14-31)11-17-7-5-6-8-17/h14-15,17-18,20,33H,5-13H2,1-4H3,(H,25,32)/t15-,18-,20-/m1/s1. The van der Waals surface area contributed by atoms with Crippen LogP contribution in [0.25, 0.3) is 0 Å². The SMILES string of the molecule is Cc1nc(CNC(=O)[C@H](CC2CCCC2)CN(O)C=O)c(F)c(N2CC[C@@H](N(C)C)[C@H]2C)n1. The monoisotopic (exact) mass is 464 g/mol. The number of amides is 2. The van der Waals surface area contributed by atoms with Crippen LogP contribution in [0.1, 0.15) is 57.0 Å². The number of carbonyl (C=O) groups is 2. The summed E-state index contributed by atoms with van der Waals surface area (Å²) in [5.74, 6) is -0.284. The van der Waals surface area contributed by atoms with Gasteiger partial charge in [0.2, 0.25) is 12.3 Å². The van der Waals surface area contributed by atoms with Crippen LogP contribution in [0.3, 0.4) is 0 Å². The van der Waals surface area contributed by atoms with Crippen molar-refractivity contribution >= 4 is 18.1 Å². The van der Waals surface area contributed by atoms with E-state index >= 15 is 4.39 Å². The fourth-order valence-corrected chi connectivity index (χ4v) is 5.32. The summed E-state index contributed by atoms with van der Waals surface area (Å²) in [6.45, 7) is 4.32. The van der Waals surface area contributed by atoms with Gasteiger partial charge in [0.15, 0.2) is 11.6 Å². The van der Waals surface area contributed by atoms with E-state index in [4.69, 9.17) is 0 Å². The molecule has 1 saturated carbocycles. The molecular weight excluding hydrogens is 427 g/mol. The van der Waals surface area contributed by atoms with Crippen LogP contribution in [0.15, 0.2) is 0 Å². The summed E-state index contributed by atoms with van der Waals surface area (Å²) in [4.78, 5) is 36.5. The lowest BCUT2D eigenvalue weighted by atomic mass is 9.92. The maximum absolute atomic E-state index is 15.4. The third-order valence-corrected chi connectivity index (χ3v) is 7.09. The van der Waals surface area contributed by atoms with E-state index in [1.807, 2.05) is 19.0 Å². The number of carbonyl (C=O) groups excluding carboxylic acids is 2. The first kappa shape index (κ1) is 25.3. The van der Waals surface area contributed by atoms with E-state index in [1.54, 1.807) is 6.92 Å². The number of anilines is 1. The third kappa shape index (κ3) is 6.17. The first-order valence-corrected chi connectivity index (χ1v) is 11.9. The fourth-order valence-electron chi connectivity index (χ4n) is 5.32. The molecule has 2 amide bonds. The van der Waals surface area contributed by atoms with E-state index in [0.717, 1.165) is 32.1 Å². The van der Waals surface area contributed by atoms with Crippen molar-refractivity contribution in [3.05, 3.63) is 17.3 Å². The van der Waals surface area contributed by atoms with Crippen LogP contribution >= 0.6 is 0 Å². The van der Waals surface area contributed by atoms with Crippen molar-refractivity contribution in [1.82, 2.24) is 25.2 Å². The van der Waals surface area contributed by atoms with E-state index in [-0.39, 0.29) is 36.6 Å². The molecule has 2 heterocycles. The highest BCUT2D eigenvalue weighted by Crippen LogP contribution is 2.31. The molecule has 1 aliphatic heterocycles. The summed E-state index contributed by atoms with van der Waals surface area (Å²) in [5.41, 5.74) is 0.141. The zero-order valence-corrected chi connectivity index (χ0v) is 20.1. The smallest absolute Gasteiger partial charge is 0.233 e. The molecule has 1 aromatic heterocycles. The van der Waals surface area contributed by atoms with Crippen molar-refractivity contribution in [3.63, 3.8) is 0 Å². The molecule has 1 saturated heterocycles. The summed E-state index contributed by atoms with van der Waals surface area (Å²) in [7, 11) is 4.04. The number of halogens is 1. The molecule has 2 N–H and O–H groups in total. The van der Waals surface area contributed by atoms with Gasteiger partial charge in [0.05, 0.1) is 19.0 Å². The van der Waals surface area contributed by atoms with E-state index in [0.29, 0.717) is 42.2 Å². The van der Waals surface area contributed by atoms with Crippen molar-refractivity contribution < 1.29 is 19.2 Å². The molecule has 0 spiro atoms. The lowest BCUT2D eigenvalue weighted by Crippen LogP contribution is -2.41. The molecular formula is C23H37FN6O3. The fraction of sp³-hybridized carbons (Fsp3) is 0.739. The Kier molecular flexibility index (Phi) is 8.58. The van der Waals surface area contributed by atoms with Crippen LogP contribution < -0.4 is 10.2 Å². The van der Waals surface area contributed by atoms with Gasteiger partial charge in [-0.2, -0.15) is 0 Å². The molecule has 1 aliphatic carbocycles. The van der Waals surface area contributed by atoms with Gasteiger partial charge < -0.3 is 15.1 Å². The Hall–Kier alpha value is -2.33. The Morgan fingerprint density at radius 3 is 2.61 bits per heavy atom. The number of nitrogens with zero attached hydrogens (tertiary/aromatic N) is 5. The van der Waals surface area contributed by atoms with Gasteiger partial charge in [-0.05, 0) is 46.7 Å². The summed E-state index contributed by atoms with van der Waals surface area (Å²) >= 11 is 0. The average molecular weight is 465 g/mol. The maximum Gasteiger partial charge on any atom is 0.233 e. The van der Waals surface area contributed by atoms with Crippen molar-refractivity contribution in [2.75, 3.05) is 32.1 Å². The number of hydrogen-bond donors (Lipinski definition) is 2. The number of hydroxylamine groups is 2. The van der Waals surface area contributed by atoms with E-state index in [1.165, 1.54) is 0 Å². The number of rotatable bonds is 10. The first-order chi connectivity index (χ1) is 15.7. The Morgan fingerprint density at radius 2 is 2.00 bits per heavy atom. The zero-order chi connectivity index (χ0) is 24.1. The molecule has 33 heavy (non-hydrogen) atoms. The molecule has 10 heteroatoms. The number of aryl methyl sites for hydroxylation is 1. The Balaban J connectivity index is 1.71. The first-order valence-electron chi connectivity index (χ1n) is 11.9. The summed E-state index contributed by atoms with van der Waals surface area (Å²) in [6, 6.07) is 0.402. The minimum Gasteiger partial charge on any atom is -0.350 e. The molecule has 3 rings (SSSR count). The molecule has 0 aromatic carbocycles. The quantitative estimate of drug-likeness (QED) is 0.311. The molecule has 0 radical (unpaired) electrons. The second-order valence-electron chi connectivity index (χ2n) is 9.64. The third-order valence-electron chi connectivity index (χ3n) is 7.09. The second-order valence-corrected chi connectivity index (χ2v) is 9.64. The number of hydrogen-bond acceptors (Lipinski definition) is 7. The number of aromatic nitrogens is 2. The highest BCUT2D eigenvalue weighted by molar-refractivity contribution is 5.79. The molecule has 184 valence electrons. The molecule has 9 nitrogen and oxygen atoms in total. The predicted octanol–water partition coefficient (Wildman–Crippen LogP) is 2.11. The topological polar surface area (TPSA) is 102 Å². The molecule has 1 aromatic rings. The maximum atomic E-state index is 15.4. The van der Waals surface area contributed by atoms with E-state index in [9.17, 15) is 14.8 Å². The van der Waals surface area contributed by atoms with Crippen LogP contribution in [0.2, 0.25) is 0 Å². The zero-order valence-electron chi connectivity index (χ0n) is 20.1. The molecule has 2 aliphatic rings. The lowest BCUT2D eigenvalue weighted by Gasteiger charge is -2.29. The predicted molar refractivity (Wildman–Crippen MR) is 122 cm³/mol. The summed E-state index contributed by atoms with van der Waals surface area (Å²) in [6.07, 6.45) is 6.15. The van der Waals surface area contributed by atoms with Gasteiger partial charge in [0, 0.05) is 18.6 Å². The average Bonchev–Trinajstić information content (AvgIpc) is 3.42. The Morgan fingerprint density at radius 1 is 1.30 bits per heavy atom. The van der Waals surface area contributed by atoms with Gasteiger partial charge in [-0.15, -0.1) is 0 Å². The van der Waals surface area contributed by atoms with Crippen molar-refractivity contribution in [3.8, 4) is 0 Å². The van der Waals surface area contributed by atoms with Crippen LogP contribution in [-0.2, 0) is 16.1 Å². The molecule has 3 atom stereocenters. The van der Waals surface area contributed by atoms with E-state index < -0.39 is 11.7 Å². The van der Waals surface area contributed by atoms with Crippen LogP contribution in [0, 0.1) is 24.6 Å². The summed E-state index contributed by atoms with van der Waals surface area (Å²) in [5, 5.41) is 12.9. The highest BCUT2D eigenvalue weighted by atomic mass is 19.1. The van der Waals surface area contributed by atoms with Crippen LogP contribution in [0.5, 0.6) is 0 Å². The van der Waals surface area contributed by atoms with Gasteiger partial charge in [-0.3, -0.25) is 14.8 Å². The van der Waals surface area contributed by atoms with Crippen molar-refractivity contribution in [1.29, 1.82) is 0 Å².